The molecule has 1 aromatic carbocycles. The van der Waals surface area contributed by atoms with Crippen molar-refractivity contribution in [1.29, 1.82) is 0 Å². The summed E-state index contributed by atoms with van der Waals surface area (Å²) in [5.41, 5.74) is 5.70. The number of hydrogen-bond acceptors (Lipinski definition) is 1. The second-order valence-corrected chi connectivity index (χ2v) is 5.12. The van der Waals surface area contributed by atoms with E-state index in [9.17, 15) is 0 Å². The van der Waals surface area contributed by atoms with E-state index < -0.39 is 0 Å². The third kappa shape index (κ3) is 1.19. The van der Waals surface area contributed by atoms with Gasteiger partial charge in [-0.2, -0.15) is 0 Å². The van der Waals surface area contributed by atoms with E-state index in [-0.39, 0.29) is 5.41 Å². The Morgan fingerprint density at radius 3 is 3.00 bits per heavy atom. The van der Waals surface area contributed by atoms with Crippen molar-refractivity contribution in [3.05, 3.63) is 29.3 Å². The number of aryl methyl sites for hydroxylation is 1. The van der Waals surface area contributed by atoms with Gasteiger partial charge in [0.25, 0.3) is 0 Å². The summed E-state index contributed by atoms with van der Waals surface area (Å²) in [6, 6.07) is 6.73. The molecule has 1 atom stereocenters. The van der Waals surface area contributed by atoms with Crippen molar-refractivity contribution in [2.45, 2.75) is 44.9 Å². The molecule has 78 valence electrons. The summed E-state index contributed by atoms with van der Waals surface area (Å²) in [6.45, 7) is 4.51. The molecule has 2 aliphatic rings. The van der Waals surface area contributed by atoms with Crippen LogP contribution >= 0.6 is 0 Å². The highest BCUT2D eigenvalue weighted by Gasteiger charge is 2.40. The Kier molecular flexibility index (Phi) is 1.79. The van der Waals surface area contributed by atoms with Crippen LogP contribution < -0.4 is 0 Å². The first-order valence-corrected chi connectivity index (χ1v) is 5.89. The smallest absolute Gasteiger partial charge is 0.0673 e. The predicted octanol–water partition coefficient (Wildman–Crippen LogP) is 3.91. The minimum absolute atomic E-state index is 0.265. The molecular weight excluding hydrogens is 182 g/mol. The molecule has 15 heavy (non-hydrogen) atoms. The molecule has 0 radical (unpaired) electrons. The fraction of sp³-hybridized carbons (Fsp3) is 0.500. The first-order valence-electron chi connectivity index (χ1n) is 5.89. The highest BCUT2D eigenvalue weighted by atomic mass is 14.8. The van der Waals surface area contributed by atoms with E-state index in [0.29, 0.717) is 0 Å². The zero-order chi connectivity index (χ0) is 10.5. The van der Waals surface area contributed by atoms with Crippen LogP contribution in [0.2, 0.25) is 0 Å². The summed E-state index contributed by atoms with van der Waals surface area (Å²) in [6.07, 6.45) is 5.15. The lowest BCUT2D eigenvalue weighted by molar-refractivity contribution is 0.498. The zero-order valence-corrected chi connectivity index (χ0v) is 9.51. The predicted molar refractivity (Wildman–Crippen MR) is 64.1 cm³/mol. The first-order chi connectivity index (χ1) is 7.20. The van der Waals surface area contributed by atoms with Crippen molar-refractivity contribution in [1.82, 2.24) is 0 Å². The summed E-state index contributed by atoms with van der Waals surface area (Å²) in [5.74, 6) is 0. The molecule has 1 fully saturated rings. The molecule has 0 saturated heterocycles. The van der Waals surface area contributed by atoms with Crippen molar-refractivity contribution in [2.24, 2.45) is 4.99 Å². The van der Waals surface area contributed by atoms with Gasteiger partial charge in [-0.1, -0.05) is 25.5 Å². The van der Waals surface area contributed by atoms with Gasteiger partial charge in [-0.15, -0.1) is 0 Å². The first kappa shape index (κ1) is 9.14. The van der Waals surface area contributed by atoms with Crippen LogP contribution in [0.3, 0.4) is 0 Å². The third-order valence-corrected chi connectivity index (χ3v) is 3.98. The van der Waals surface area contributed by atoms with E-state index in [1.165, 1.54) is 48.2 Å². The van der Waals surface area contributed by atoms with Gasteiger partial charge in [0, 0.05) is 11.1 Å². The maximum Gasteiger partial charge on any atom is 0.0673 e. The van der Waals surface area contributed by atoms with Crippen LogP contribution in [0.4, 0.5) is 5.69 Å². The molecule has 1 aliphatic carbocycles. The van der Waals surface area contributed by atoms with Crippen LogP contribution in [-0.4, -0.2) is 5.71 Å². The van der Waals surface area contributed by atoms with Gasteiger partial charge in [-0.05, 0) is 43.4 Å². The number of benzene rings is 1. The molecule has 0 bridgehead atoms. The van der Waals surface area contributed by atoms with Crippen LogP contribution in [0.15, 0.2) is 23.2 Å². The van der Waals surface area contributed by atoms with Gasteiger partial charge >= 0.3 is 0 Å². The van der Waals surface area contributed by atoms with Crippen LogP contribution in [-0.2, 0) is 5.41 Å². The van der Waals surface area contributed by atoms with Gasteiger partial charge in [-0.3, -0.25) is 4.99 Å². The molecule has 0 amide bonds. The van der Waals surface area contributed by atoms with Gasteiger partial charge in [0.05, 0.1) is 5.69 Å². The van der Waals surface area contributed by atoms with Crippen molar-refractivity contribution in [3.63, 3.8) is 0 Å². The molecule has 0 spiro atoms. The molecule has 0 aromatic heterocycles. The fourth-order valence-corrected chi connectivity index (χ4v) is 3.01. The van der Waals surface area contributed by atoms with Crippen molar-refractivity contribution in [2.75, 3.05) is 0 Å². The molecule has 1 unspecified atom stereocenters. The highest BCUT2D eigenvalue weighted by molar-refractivity contribution is 6.02. The van der Waals surface area contributed by atoms with E-state index in [4.69, 9.17) is 4.99 Å². The van der Waals surface area contributed by atoms with Gasteiger partial charge in [0.2, 0.25) is 0 Å². The molecule has 1 heterocycles. The summed E-state index contributed by atoms with van der Waals surface area (Å²) in [4.78, 5) is 4.82. The lowest BCUT2D eigenvalue weighted by atomic mass is 9.71. The van der Waals surface area contributed by atoms with Crippen molar-refractivity contribution < 1.29 is 0 Å². The number of aliphatic imine (C=N–C) groups is 1. The molecule has 1 nitrogen and oxygen atoms in total. The maximum atomic E-state index is 4.82. The number of nitrogens with zero attached hydrogens (tertiary/aromatic N) is 1. The monoisotopic (exact) mass is 199 g/mol. The molecule has 1 aliphatic heterocycles. The second-order valence-electron chi connectivity index (χ2n) is 5.12. The highest BCUT2D eigenvalue weighted by Crippen LogP contribution is 2.47. The minimum atomic E-state index is 0.265. The molecular formula is C14H17N. The average Bonchev–Trinajstić information content (AvgIpc) is 2.49. The van der Waals surface area contributed by atoms with Gasteiger partial charge in [0.15, 0.2) is 0 Å². The summed E-state index contributed by atoms with van der Waals surface area (Å²) in [5, 5.41) is 0. The maximum absolute atomic E-state index is 4.82. The molecule has 1 heteroatoms. The topological polar surface area (TPSA) is 12.4 Å². The van der Waals surface area contributed by atoms with E-state index in [2.05, 4.69) is 32.0 Å². The van der Waals surface area contributed by atoms with Crippen LogP contribution in [0.25, 0.3) is 0 Å². The number of hydrogen-bond donors (Lipinski definition) is 0. The van der Waals surface area contributed by atoms with Gasteiger partial charge < -0.3 is 0 Å². The van der Waals surface area contributed by atoms with E-state index in [0.717, 1.165) is 0 Å². The number of rotatable bonds is 0. The summed E-state index contributed by atoms with van der Waals surface area (Å²) in [7, 11) is 0. The van der Waals surface area contributed by atoms with Crippen LogP contribution in [0, 0.1) is 6.92 Å². The summed E-state index contributed by atoms with van der Waals surface area (Å²) >= 11 is 0. The quantitative estimate of drug-likeness (QED) is 0.600. The Balaban J connectivity index is 2.17. The average molecular weight is 199 g/mol. The van der Waals surface area contributed by atoms with Crippen molar-refractivity contribution in [3.8, 4) is 0 Å². The molecule has 3 rings (SSSR count). The Morgan fingerprint density at radius 2 is 2.13 bits per heavy atom. The van der Waals surface area contributed by atoms with Crippen LogP contribution in [0.5, 0.6) is 0 Å². The molecule has 1 saturated carbocycles. The third-order valence-electron chi connectivity index (χ3n) is 3.98. The lowest BCUT2D eigenvalue weighted by Crippen LogP contribution is -2.32. The van der Waals surface area contributed by atoms with Gasteiger partial charge in [0.1, 0.15) is 0 Å². The fourth-order valence-electron chi connectivity index (χ4n) is 3.01. The number of fused-ring (bicyclic) bond motifs is 3. The second kappa shape index (κ2) is 2.94. The summed E-state index contributed by atoms with van der Waals surface area (Å²) < 4.78 is 0. The Bertz CT molecular complexity index is 445. The molecule has 1 aromatic rings. The molecule has 0 N–H and O–H groups in total. The van der Waals surface area contributed by atoms with E-state index >= 15 is 0 Å². The van der Waals surface area contributed by atoms with E-state index in [1.54, 1.807) is 0 Å². The van der Waals surface area contributed by atoms with Crippen molar-refractivity contribution >= 4 is 11.4 Å². The minimum Gasteiger partial charge on any atom is -0.257 e. The van der Waals surface area contributed by atoms with Crippen LogP contribution in [0.1, 0.15) is 43.7 Å². The Labute approximate surface area is 91.2 Å². The van der Waals surface area contributed by atoms with E-state index in [1.807, 2.05) is 0 Å². The normalized spacial score (nSPS) is 28.3. The zero-order valence-electron chi connectivity index (χ0n) is 9.51. The Morgan fingerprint density at radius 1 is 1.27 bits per heavy atom. The SMILES string of the molecule is Cc1ccc2c(c1)N=C1CCCCC12C. The van der Waals surface area contributed by atoms with Gasteiger partial charge in [-0.25, -0.2) is 0 Å². The largest absolute Gasteiger partial charge is 0.257 e. The lowest BCUT2D eigenvalue weighted by Gasteiger charge is -2.31. The Hall–Kier alpha value is -1.11. The standard InChI is InChI=1S/C14H17N/c1-10-6-7-11-12(9-10)15-13-5-3-4-8-14(11,13)2/h6-7,9H,3-5,8H2,1-2H3.